The first-order valence-electron chi connectivity index (χ1n) is 8.46. The van der Waals surface area contributed by atoms with Crippen LogP contribution in [-0.2, 0) is 4.79 Å². The summed E-state index contributed by atoms with van der Waals surface area (Å²) in [6.07, 6.45) is 5.96. The number of hydrogen-bond donors (Lipinski definition) is 0. The Morgan fingerprint density at radius 1 is 1.12 bits per heavy atom. The van der Waals surface area contributed by atoms with Gasteiger partial charge >= 0.3 is 0 Å². The Kier molecular flexibility index (Phi) is 4.71. The van der Waals surface area contributed by atoms with Crippen LogP contribution in [0.15, 0.2) is 53.9 Å². The molecule has 7 heteroatoms. The molecule has 0 saturated heterocycles. The number of methoxy groups -OCH3 is 1. The zero-order valence-corrected chi connectivity index (χ0v) is 15.1. The molecule has 1 fully saturated rings. The molecule has 26 heavy (non-hydrogen) atoms. The zero-order valence-electron chi connectivity index (χ0n) is 14.3. The minimum atomic E-state index is -0.0403. The van der Waals surface area contributed by atoms with Crippen LogP contribution in [0.2, 0.25) is 0 Å². The summed E-state index contributed by atoms with van der Waals surface area (Å²) in [5.74, 6) is 1.81. The average Bonchev–Trinajstić information content (AvgIpc) is 3.29. The van der Waals surface area contributed by atoms with Crippen LogP contribution in [0.3, 0.4) is 0 Å². The van der Waals surface area contributed by atoms with Gasteiger partial charge in [0.15, 0.2) is 11.0 Å². The number of nitrogens with zero attached hydrogens (tertiary/aromatic N) is 4. The van der Waals surface area contributed by atoms with Crippen LogP contribution in [0, 0.1) is 0 Å². The zero-order chi connectivity index (χ0) is 17.9. The Balaban J connectivity index is 1.78. The van der Waals surface area contributed by atoms with E-state index in [-0.39, 0.29) is 5.25 Å². The standard InChI is InChI=1S/C19H18N4O2S/c1-25-15-7-5-14(6-8-15)23-18(13-9-11-20-12-10-13)21-22-19(23)26-17-4-2-3-16(17)24/h5-12,17H,2-4H2,1H3. The van der Waals surface area contributed by atoms with Crippen LogP contribution >= 0.6 is 11.8 Å². The van der Waals surface area contributed by atoms with Crippen molar-refractivity contribution in [3.05, 3.63) is 48.8 Å². The van der Waals surface area contributed by atoms with Gasteiger partial charge < -0.3 is 4.74 Å². The van der Waals surface area contributed by atoms with Crippen molar-refractivity contribution in [3.63, 3.8) is 0 Å². The molecule has 2 heterocycles. The van der Waals surface area contributed by atoms with Crippen LogP contribution in [0.1, 0.15) is 19.3 Å². The molecule has 1 aliphatic carbocycles. The average molecular weight is 366 g/mol. The lowest BCUT2D eigenvalue weighted by Crippen LogP contribution is -2.10. The Morgan fingerprint density at radius 3 is 2.54 bits per heavy atom. The van der Waals surface area contributed by atoms with Crippen LogP contribution in [0.25, 0.3) is 17.1 Å². The van der Waals surface area contributed by atoms with Crippen LogP contribution in [-0.4, -0.2) is 37.9 Å². The number of hydrogen-bond acceptors (Lipinski definition) is 6. The van der Waals surface area contributed by atoms with E-state index in [1.165, 1.54) is 11.8 Å². The normalized spacial score (nSPS) is 16.8. The van der Waals surface area contributed by atoms with Crippen molar-refractivity contribution >= 4 is 17.5 Å². The van der Waals surface area contributed by atoms with E-state index >= 15 is 0 Å². The second-order valence-corrected chi connectivity index (χ2v) is 7.21. The smallest absolute Gasteiger partial charge is 0.196 e. The summed E-state index contributed by atoms with van der Waals surface area (Å²) >= 11 is 1.50. The van der Waals surface area contributed by atoms with Crippen molar-refractivity contribution in [3.8, 4) is 22.8 Å². The Labute approximate surface area is 155 Å². The minimum absolute atomic E-state index is 0.0403. The molecule has 0 bridgehead atoms. The van der Waals surface area contributed by atoms with E-state index in [1.807, 2.05) is 41.0 Å². The minimum Gasteiger partial charge on any atom is -0.497 e. The number of carbonyl (C=O) groups excluding carboxylic acids is 1. The second-order valence-electron chi connectivity index (χ2n) is 6.04. The molecule has 0 radical (unpaired) electrons. The van der Waals surface area contributed by atoms with Gasteiger partial charge in [0, 0.05) is 30.1 Å². The van der Waals surface area contributed by atoms with Gasteiger partial charge in [-0.2, -0.15) is 0 Å². The first kappa shape index (κ1) is 16.8. The number of benzene rings is 1. The number of Topliss-reactive ketones (excluding diaryl/α,β-unsaturated/α-hetero) is 1. The summed E-state index contributed by atoms with van der Waals surface area (Å²) in [7, 11) is 1.64. The fourth-order valence-corrected chi connectivity index (χ4v) is 4.21. The molecule has 1 aliphatic rings. The van der Waals surface area contributed by atoms with E-state index < -0.39 is 0 Å². The Morgan fingerprint density at radius 2 is 1.88 bits per heavy atom. The maximum Gasteiger partial charge on any atom is 0.196 e. The highest BCUT2D eigenvalue weighted by molar-refractivity contribution is 8.00. The largest absolute Gasteiger partial charge is 0.497 e. The SMILES string of the molecule is COc1ccc(-n2c(SC3CCCC3=O)nnc2-c2ccncc2)cc1. The van der Waals surface area contributed by atoms with Crippen molar-refractivity contribution in [2.75, 3.05) is 7.11 Å². The van der Waals surface area contributed by atoms with Crippen molar-refractivity contribution in [1.29, 1.82) is 0 Å². The summed E-state index contributed by atoms with van der Waals surface area (Å²) in [6.45, 7) is 0. The monoisotopic (exact) mass is 366 g/mol. The number of rotatable bonds is 5. The summed E-state index contributed by atoms with van der Waals surface area (Å²) in [5.41, 5.74) is 1.85. The number of ketones is 1. The van der Waals surface area contributed by atoms with E-state index in [9.17, 15) is 4.79 Å². The first-order valence-corrected chi connectivity index (χ1v) is 9.34. The van der Waals surface area contributed by atoms with E-state index in [0.29, 0.717) is 12.2 Å². The summed E-state index contributed by atoms with van der Waals surface area (Å²) in [6, 6.07) is 11.5. The van der Waals surface area contributed by atoms with Gasteiger partial charge in [-0.05, 0) is 49.2 Å². The fraction of sp³-hybridized carbons (Fsp3) is 0.263. The third-order valence-corrected chi connectivity index (χ3v) is 5.66. The number of pyridine rings is 1. The number of ether oxygens (including phenoxy) is 1. The fourth-order valence-electron chi connectivity index (χ4n) is 3.03. The molecule has 0 aliphatic heterocycles. The Bertz CT molecular complexity index is 909. The lowest BCUT2D eigenvalue weighted by atomic mass is 10.2. The van der Waals surface area contributed by atoms with Gasteiger partial charge in [0.05, 0.1) is 12.4 Å². The van der Waals surface area contributed by atoms with Crippen LogP contribution in [0.4, 0.5) is 0 Å². The number of thioether (sulfide) groups is 1. The van der Waals surface area contributed by atoms with E-state index in [0.717, 1.165) is 40.8 Å². The highest BCUT2D eigenvalue weighted by Gasteiger charge is 2.28. The van der Waals surface area contributed by atoms with Gasteiger partial charge in [-0.3, -0.25) is 14.3 Å². The lowest BCUT2D eigenvalue weighted by Gasteiger charge is -2.12. The van der Waals surface area contributed by atoms with Gasteiger partial charge in [0.25, 0.3) is 0 Å². The predicted molar refractivity (Wildman–Crippen MR) is 99.6 cm³/mol. The van der Waals surface area contributed by atoms with Gasteiger partial charge in [0.2, 0.25) is 0 Å². The van der Waals surface area contributed by atoms with E-state index in [2.05, 4.69) is 15.2 Å². The molecule has 6 nitrogen and oxygen atoms in total. The topological polar surface area (TPSA) is 69.9 Å². The maximum absolute atomic E-state index is 12.1. The molecule has 1 unspecified atom stereocenters. The molecule has 0 spiro atoms. The van der Waals surface area contributed by atoms with Crippen molar-refractivity contribution in [2.45, 2.75) is 29.7 Å². The van der Waals surface area contributed by atoms with Gasteiger partial charge in [0.1, 0.15) is 11.5 Å². The predicted octanol–water partition coefficient (Wildman–Crippen LogP) is 3.55. The van der Waals surface area contributed by atoms with Crippen LogP contribution < -0.4 is 4.74 Å². The molecule has 2 aromatic heterocycles. The van der Waals surface area contributed by atoms with Gasteiger partial charge in [-0.1, -0.05) is 11.8 Å². The molecule has 132 valence electrons. The van der Waals surface area contributed by atoms with Crippen LogP contribution in [0.5, 0.6) is 5.75 Å². The summed E-state index contributed by atoms with van der Waals surface area (Å²) in [5, 5.41) is 9.46. The molecular weight excluding hydrogens is 348 g/mol. The van der Waals surface area contributed by atoms with E-state index in [1.54, 1.807) is 19.5 Å². The highest BCUT2D eigenvalue weighted by Crippen LogP contribution is 2.35. The van der Waals surface area contributed by atoms with Gasteiger partial charge in [-0.15, -0.1) is 10.2 Å². The molecule has 1 atom stereocenters. The molecule has 4 rings (SSSR count). The summed E-state index contributed by atoms with van der Waals surface area (Å²) < 4.78 is 7.25. The van der Waals surface area contributed by atoms with Gasteiger partial charge in [-0.25, -0.2) is 0 Å². The van der Waals surface area contributed by atoms with Crippen molar-refractivity contribution in [2.24, 2.45) is 0 Å². The highest BCUT2D eigenvalue weighted by atomic mass is 32.2. The second kappa shape index (κ2) is 7.29. The third kappa shape index (κ3) is 3.22. The Hall–Kier alpha value is -2.67. The molecule has 0 N–H and O–H groups in total. The maximum atomic E-state index is 12.1. The first-order chi connectivity index (χ1) is 12.8. The van der Waals surface area contributed by atoms with Crippen molar-refractivity contribution in [1.82, 2.24) is 19.7 Å². The third-order valence-electron chi connectivity index (χ3n) is 4.40. The molecule has 3 aromatic rings. The van der Waals surface area contributed by atoms with E-state index in [4.69, 9.17) is 4.74 Å². The quantitative estimate of drug-likeness (QED) is 0.688. The van der Waals surface area contributed by atoms with Crippen molar-refractivity contribution < 1.29 is 9.53 Å². The molecular formula is C19H18N4O2S. The number of carbonyl (C=O) groups is 1. The lowest BCUT2D eigenvalue weighted by molar-refractivity contribution is -0.116. The number of aromatic nitrogens is 4. The molecule has 1 saturated carbocycles. The summed E-state index contributed by atoms with van der Waals surface area (Å²) in [4.78, 5) is 16.2. The molecule has 0 amide bonds. The molecule has 1 aromatic carbocycles.